The first kappa shape index (κ1) is 24.6. The van der Waals surface area contributed by atoms with E-state index >= 15 is 0 Å². The molecule has 0 unspecified atom stereocenters. The molecule has 6 rings (SSSR count). The van der Waals surface area contributed by atoms with Gasteiger partial charge in [0.1, 0.15) is 5.69 Å². The molecule has 1 amide bonds. The van der Waals surface area contributed by atoms with E-state index < -0.39 is 0 Å². The van der Waals surface area contributed by atoms with E-state index in [0.29, 0.717) is 17.3 Å². The van der Waals surface area contributed by atoms with Gasteiger partial charge in [-0.15, -0.1) is 0 Å². The molecule has 1 saturated carbocycles. The van der Waals surface area contributed by atoms with Gasteiger partial charge in [-0.25, -0.2) is 15.0 Å². The fourth-order valence-electron chi connectivity index (χ4n) is 5.39. The molecule has 3 aromatic heterocycles. The standard InChI is InChI=1S/C31H31N7O/c1-20-17-34-31(36-23-9-7-8-22(16-23)35-30(39)27-15-14-21(32)18-33-27)37-29(20)26-19-38(24-10-3-2-4-11-24)28-13-6-5-12-25(26)28/h2-6,10-15,17-19,22-23H,7-9,16,32H2,1H3,(H,35,39)(H,34,36,37)/t22-,23+/m0/s1. The van der Waals surface area contributed by atoms with E-state index in [2.05, 4.69) is 67.8 Å². The number of anilines is 2. The predicted octanol–water partition coefficient (Wildman–Crippen LogP) is 5.53. The second-order valence-corrected chi connectivity index (χ2v) is 10.1. The van der Waals surface area contributed by atoms with Gasteiger partial charge in [-0.1, -0.05) is 36.4 Å². The first-order chi connectivity index (χ1) is 19.0. The van der Waals surface area contributed by atoms with E-state index in [-0.39, 0.29) is 18.0 Å². The Morgan fingerprint density at radius 3 is 2.56 bits per heavy atom. The van der Waals surface area contributed by atoms with Crippen molar-refractivity contribution in [3.05, 3.63) is 96.6 Å². The Bertz CT molecular complexity index is 1610. The third-order valence-corrected chi connectivity index (χ3v) is 7.33. The number of nitrogens with one attached hydrogen (secondary N) is 2. The molecule has 4 N–H and O–H groups in total. The summed E-state index contributed by atoms with van der Waals surface area (Å²) in [6, 6.07) is 22.3. The first-order valence-corrected chi connectivity index (χ1v) is 13.3. The van der Waals surface area contributed by atoms with Gasteiger partial charge in [-0.05, 0) is 68.5 Å². The fraction of sp³-hybridized carbons (Fsp3) is 0.226. The zero-order valence-electron chi connectivity index (χ0n) is 21.8. The Morgan fingerprint density at radius 1 is 0.949 bits per heavy atom. The molecule has 8 nitrogen and oxygen atoms in total. The number of hydrogen-bond acceptors (Lipinski definition) is 6. The van der Waals surface area contributed by atoms with E-state index in [1.165, 1.54) is 6.20 Å². The van der Waals surface area contributed by atoms with Crippen LogP contribution in [0.3, 0.4) is 0 Å². The maximum absolute atomic E-state index is 12.7. The second kappa shape index (κ2) is 10.6. The van der Waals surface area contributed by atoms with Crippen LogP contribution in [0.4, 0.5) is 11.6 Å². The number of nitrogens with two attached hydrogens (primary N) is 1. The minimum atomic E-state index is -0.177. The molecule has 1 fully saturated rings. The quantitative estimate of drug-likeness (QED) is 0.273. The van der Waals surface area contributed by atoms with Crippen LogP contribution in [-0.4, -0.2) is 37.5 Å². The number of aromatic nitrogens is 4. The number of aryl methyl sites for hydroxylation is 1. The molecule has 0 bridgehead atoms. The number of pyridine rings is 1. The lowest BCUT2D eigenvalue weighted by Crippen LogP contribution is -2.42. The van der Waals surface area contributed by atoms with Crippen LogP contribution in [-0.2, 0) is 0 Å². The number of benzene rings is 2. The van der Waals surface area contributed by atoms with Crippen LogP contribution in [0.2, 0.25) is 0 Å². The molecular weight excluding hydrogens is 486 g/mol. The number of carbonyl (C=O) groups is 1. The highest BCUT2D eigenvalue weighted by atomic mass is 16.1. The van der Waals surface area contributed by atoms with Crippen molar-refractivity contribution >= 4 is 28.4 Å². The lowest BCUT2D eigenvalue weighted by Gasteiger charge is -2.30. The Labute approximate surface area is 227 Å². The lowest BCUT2D eigenvalue weighted by atomic mass is 9.91. The largest absolute Gasteiger partial charge is 0.397 e. The van der Waals surface area contributed by atoms with Crippen LogP contribution in [0.15, 0.2) is 85.3 Å². The number of rotatable bonds is 6. The summed E-state index contributed by atoms with van der Waals surface area (Å²) in [5, 5.41) is 7.82. The van der Waals surface area contributed by atoms with Crippen molar-refractivity contribution < 1.29 is 4.79 Å². The molecule has 2 atom stereocenters. The third kappa shape index (κ3) is 5.18. The van der Waals surface area contributed by atoms with Gasteiger partial charge in [0.2, 0.25) is 5.95 Å². The van der Waals surface area contributed by atoms with Gasteiger partial charge in [-0.3, -0.25) is 4.79 Å². The molecule has 3 heterocycles. The van der Waals surface area contributed by atoms with Gasteiger partial charge >= 0.3 is 0 Å². The topological polar surface area (TPSA) is 111 Å². The van der Waals surface area contributed by atoms with Crippen molar-refractivity contribution in [2.24, 2.45) is 0 Å². The number of amides is 1. The predicted molar refractivity (Wildman–Crippen MR) is 155 cm³/mol. The van der Waals surface area contributed by atoms with Crippen LogP contribution in [0.25, 0.3) is 27.8 Å². The van der Waals surface area contributed by atoms with E-state index in [4.69, 9.17) is 10.7 Å². The van der Waals surface area contributed by atoms with E-state index in [1.54, 1.807) is 12.1 Å². The van der Waals surface area contributed by atoms with Crippen LogP contribution in [0, 0.1) is 6.92 Å². The Hall–Kier alpha value is -4.72. The maximum Gasteiger partial charge on any atom is 0.270 e. The first-order valence-electron chi connectivity index (χ1n) is 13.3. The molecule has 5 aromatic rings. The van der Waals surface area contributed by atoms with E-state index in [1.807, 2.05) is 31.3 Å². The molecular formula is C31H31N7O. The van der Waals surface area contributed by atoms with Crippen molar-refractivity contribution in [2.75, 3.05) is 11.1 Å². The Kier molecular flexibility index (Phi) is 6.67. The highest BCUT2D eigenvalue weighted by molar-refractivity contribution is 5.97. The number of nitrogens with zero attached hydrogens (tertiary/aromatic N) is 4. The minimum Gasteiger partial charge on any atom is -0.397 e. The smallest absolute Gasteiger partial charge is 0.270 e. The van der Waals surface area contributed by atoms with Crippen molar-refractivity contribution in [1.82, 2.24) is 24.8 Å². The molecule has 39 heavy (non-hydrogen) atoms. The van der Waals surface area contributed by atoms with Crippen LogP contribution >= 0.6 is 0 Å². The SMILES string of the molecule is Cc1cnc(N[C@@H]2CCC[C@H](NC(=O)c3ccc(N)cn3)C2)nc1-c1cn(-c2ccccc2)c2ccccc12. The van der Waals surface area contributed by atoms with Gasteiger partial charge in [0.05, 0.1) is 23.1 Å². The fourth-order valence-corrected chi connectivity index (χ4v) is 5.39. The maximum atomic E-state index is 12.7. The molecule has 1 aliphatic rings. The van der Waals surface area contributed by atoms with Gasteiger partial charge in [0.15, 0.2) is 0 Å². The lowest BCUT2D eigenvalue weighted by molar-refractivity contribution is 0.0921. The summed E-state index contributed by atoms with van der Waals surface area (Å²) in [5.74, 6) is 0.425. The summed E-state index contributed by atoms with van der Waals surface area (Å²) < 4.78 is 2.21. The van der Waals surface area contributed by atoms with Gasteiger partial charge in [0, 0.05) is 41.1 Å². The normalized spacial score (nSPS) is 17.2. The van der Waals surface area contributed by atoms with Crippen LogP contribution in [0.1, 0.15) is 41.7 Å². The van der Waals surface area contributed by atoms with Crippen molar-refractivity contribution in [3.8, 4) is 16.9 Å². The molecule has 0 aliphatic heterocycles. The summed E-state index contributed by atoms with van der Waals surface area (Å²) >= 11 is 0. The van der Waals surface area contributed by atoms with Crippen molar-refractivity contribution in [2.45, 2.75) is 44.7 Å². The highest BCUT2D eigenvalue weighted by Gasteiger charge is 2.25. The summed E-state index contributed by atoms with van der Waals surface area (Å²) in [6.45, 7) is 2.05. The molecule has 0 saturated heterocycles. The van der Waals surface area contributed by atoms with Gasteiger partial charge in [0.25, 0.3) is 5.91 Å². The van der Waals surface area contributed by atoms with Crippen LogP contribution < -0.4 is 16.4 Å². The monoisotopic (exact) mass is 517 g/mol. The summed E-state index contributed by atoms with van der Waals surface area (Å²) in [6.07, 6.45) is 9.26. The van der Waals surface area contributed by atoms with Crippen molar-refractivity contribution in [3.63, 3.8) is 0 Å². The van der Waals surface area contributed by atoms with E-state index in [0.717, 1.165) is 59.1 Å². The van der Waals surface area contributed by atoms with Gasteiger partial charge < -0.3 is 20.9 Å². The third-order valence-electron chi connectivity index (χ3n) is 7.33. The van der Waals surface area contributed by atoms with Crippen LogP contribution in [0.5, 0.6) is 0 Å². The molecule has 8 heteroatoms. The minimum absolute atomic E-state index is 0.0527. The molecule has 196 valence electrons. The summed E-state index contributed by atoms with van der Waals surface area (Å²) in [5.41, 5.74) is 11.8. The van der Waals surface area contributed by atoms with Gasteiger partial charge in [-0.2, -0.15) is 0 Å². The summed E-state index contributed by atoms with van der Waals surface area (Å²) in [7, 11) is 0. The Morgan fingerprint density at radius 2 is 1.74 bits per heavy atom. The average molecular weight is 518 g/mol. The molecule has 0 radical (unpaired) electrons. The highest BCUT2D eigenvalue weighted by Crippen LogP contribution is 2.34. The van der Waals surface area contributed by atoms with E-state index in [9.17, 15) is 4.79 Å². The number of fused-ring (bicyclic) bond motifs is 1. The molecule has 2 aromatic carbocycles. The zero-order chi connectivity index (χ0) is 26.8. The second-order valence-electron chi connectivity index (χ2n) is 10.1. The van der Waals surface area contributed by atoms with Crippen molar-refractivity contribution in [1.29, 1.82) is 0 Å². The molecule has 0 spiro atoms. The Balaban J connectivity index is 1.23. The number of hydrogen-bond donors (Lipinski definition) is 3. The number of para-hydroxylation sites is 2. The zero-order valence-corrected chi connectivity index (χ0v) is 21.8. The molecule has 1 aliphatic carbocycles. The number of nitrogen functional groups attached to an aromatic ring is 1. The number of carbonyl (C=O) groups excluding carboxylic acids is 1. The average Bonchev–Trinajstić information content (AvgIpc) is 3.35. The summed E-state index contributed by atoms with van der Waals surface area (Å²) in [4.78, 5) is 26.4.